The molecule has 0 aromatic carbocycles. The summed E-state index contributed by atoms with van der Waals surface area (Å²) in [4.78, 5) is 26.3. The molecule has 5 heteroatoms. The quantitative estimate of drug-likeness (QED) is 0.497. The fraction of sp³-hybridized carbons (Fsp3) is 0.222. The number of hydrogen-bond acceptors (Lipinski definition) is 4. The lowest BCUT2D eigenvalue weighted by molar-refractivity contribution is -0.121. The van der Waals surface area contributed by atoms with Gasteiger partial charge in [-0.15, -0.1) is 0 Å². The highest BCUT2D eigenvalue weighted by Crippen LogP contribution is 2.07. The number of hydrogen-bond donors (Lipinski definition) is 2. The molecule has 0 aliphatic heterocycles. The zero-order valence-corrected chi connectivity index (χ0v) is 7.73. The molecule has 4 N–H and O–H groups in total. The molecule has 1 aromatic rings. The Hall–Kier alpha value is -1.75. The van der Waals surface area contributed by atoms with Gasteiger partial charge in [-0.05, 0) is 19.1 Å². The molecule has 1 atom stereocenters. The molecule has 0 radical (unpaired) electrons. The number of aromatic nitrogens is 1. The van der Waals surface area contributed by atoms with Crippen molar-refractivity contribution in [3.63, 3.8) is 0 Å². The molecular formula is C9H11N3O2. The van der Waals surface area contributed by atoms with Crippen molar-refractivity contribution in [1.82, 2.24) is 4.98 Å². The number of pyridine rings is 1. The number of Topliss-reactive ketones (excluding diaryl/α,β-unsaturated/α-hetero) is 1. The van der Waals surface area contributed by atoms with Crippen molar-refractivity contribution >= 4 is 11.7 Å². The van der Waals surface area contributed by atoms with E-state index < -0.39 is 17.2 Å². The standard InChI is InChI=1S/C9H11N3O2/c1-9(11,8(10)14)7(13)6-4-2-3-5-12-6/h2-5H,11H2,1H3,(H2,10,14)/t9-/m1/s1. The summed E-state index contributed by atoms with van der Waals surface area (Å²) in [5.74, 6) is -1.45. The minimum absolute atomic E-state index is 0.135. The highest BCUT2D eigenvalue weighted by Gasteiger charge is 2.36. The van der Waals surface area contributed by atoms with Gasteiger partial charge in [-0.1, -0.05) is 6.07 Å². The van der Waals surface area contributed by atoms with Crippen LogP contribution in [0.15, 0.2) is 24.4 Å². The molecule has 0 fully saturated rings. The Morgan fingerprint density at radius 3 is 2.50 bits per heavy atom. The van der Waals surface area contributed by atoms with Crippen LogP contribution < -0.4 is 11.5 Å². The zero-order chi connectivity index (χ0) is 10.8. The van der Waals surface area contributed by atoms with Crippen molar-refractivity contribution in [1.29, 1.82) is 0 Å². The number of nitrogens with zero attached hydrogens (tertiary/aromatic N) is 1. The van der Waals surface area contributed by atoms with Crippen molar-refractivity contribution in [3.8, 4) is 0 Å². The molecule has 5 nitrogen and oxygen atoms in total. The fourth-order valence-electron chi connectivity index (χ4n) is 0.875. The maximum atomic E-state index is 11.6. The number of carbonyl (C=O) groups excluding carboxylic acids is 2. The Morgan fingerprint density at radius 1 is 1.43 bits per heavy atom. The second kappa shape index (κ2) is 3.55. The summed E-state index contributed by atoms with van der Waals surface area (Å²) in [6.07, 6.45) is 1.45. The van der Waals surface area contributed by atoms with Crippen LogP contribution in [0.25, 0.3) is 0 Å². The van der Waals surface area contributed by atoms with Crippen LogP contribution in [0.5, 0.6) is 0 Å². The van der Waals surface area contributed by atoms with E-state index in [-0.39, 0.29) is 5.69 Å². The van der Waals surface area contributed by atoms with E-state index in [0.717, 1.165) is 0 Å². The molecular weight excluding hydrogens is 182 g/mol. The van der Waals surface area contributed by atoms with E-state index in [1.165, 1.54) is 19.2 Å². The number of ketones is 1. The van der Waals surface area contributed by atoms with E-state index >= 15 is 0 Å². The monoisotopic (exact) mass is 193 g/mol. The van der Waals surface area contributed by atoms with Gasteiger partial charge in [-0.2, -0.15) is 0 Å². The lowest BCUT2D eigenvalue weighted by Crippen LogP contribution is -2.55. The summed E-state index contributed by atoms with van der Waals surface area (Å²) < 4.78 is 0. The predicted molar refractivity (Wildman–Crippen MR) is 50.4 cm³/mol. The van der Waals surface area contributed by atoms with Crippen LogP contribution in [0.1, 0.15) is 17.4 Å². The minimum Gasteiger partial charge on any atom is -0.368 e. The topological polar surface area (TPSA) is 99.1 Å². The molecule has 0 saturated heterocycles. The van der Waals surface area contributed by atoms with E-state index in [2.05, 4.69) is 4.98 Å². The molecule has 0 bridgehead atoms. The lowest BCUT2D eigenvalue weighted by atomic mass is 9.94. The van der Waals surface area contributed by atoms with Crippen molar-refractivity contribution in [2.24, 2.45) is 11.5 Å². The van der Waals surface area contributed by atoms with Crippen LogP contribution in [-0.4, -0.2) is 22.2 Å². The normalized spacial score (nSPS) is 14.4. The van der Waals surface area contributed by atoms with Gasteiger partial charge in [0, 0.05) is 6.20 Å². The molecule has 1 amide bonds. The number of amides is 1. The Bertz CT molecular complexity index is 360. The molecule has 74 valence electrons. The third-order valence-corrected chi connectivity index (χ3v) is 1.88. The number of nitrogens with two attached hydrogens (primary N) is 2. The predicted octanol–water partition coefficient (Wildman–Crippen LogP) is -0.533. The Morgan fingerprint density at radius 2 is 2.07 bits per heavy atom. The molecule has 0 aliphatic rings. The van der Waals surface area contributed by atoms with Crippen molar-refractivity contribution < 1.29 is 9.59 Å². The minimum atomic E-state index is -1.70. The van der Waals surface area contributed by atoms with E-state index in [0.29, 0.717) is 0 Å². The highest BCUT2D eigenvalue weighted by atomic mass is 16.2. The Labute approximate surface area is 81.1 Å². The molecule has 1 rings (SSSR count). The fourth-order valence-corrected chi connectivity index (χ4v) is 0.875. The number of rotatable bonds is 3. The maximum Gasteiger partial charge on any atom is 0.245 e. The van der Waals surface area contributed by atoms with Crippen molar-refractivity contribution in [2.75, 3.05) is 0 Å². The van der Waals surface area contributed by atoms with Crippen LogP contribution in [0.3, 0.4) is 0 Å². The van der Waals surface area contributed by atoms with Gasteiger partial charge in [-0.3, -0.25) is 14.6 Å². The van der Waals surface area contributed by atoms with E-state index in [9.17, 15) is 9.59 Å². The third kappa shape index (κ3) is 1.77. The second-order valence-electron chi connectivity index (χ2n) is 3.11. The highest BCUT2D eigenvalue weighted by molar-refractivity contribution is 6.16. The molecule has 0 spiro atoms. The third-order valence-electron chi connectivity index (χ3n) is 1.88. The van der Waals surface area contributed by atoms with Crippen LogP contribution in [0, 0.1) is 0 Å². The largest absolute Gasteiger partial charge is 0.368 e. The van der Waals surface area contributed by atoms with Crippen molar-refractivity contribution in [3.05, 3.63) is 30.1 Å². The summed E-state index contributed by atoms with van der Waals surface area (Å²) >= 11 is 0. The van der Waals surface area contributed by atoms with Crippen LogP contribution in [0.2, 0.25) is 0 Å². The molecule has 0 unspecified atom stereocenters. The van der Waals surface area contributed by atoms with Gasteiger partial charge in [0.2, 0.25) is 11.7 Å². The Kier molecular flexibility index (Phi) is 2.62. The van der Waals surface area contributed by atoms with E-state index in [4.69, 9.17) is 11.5 Å². The average molecular weight is 193 g/mol. The van der Waals surface area contributed by atoms with Gasteiger partial charge in [0.05, 0.1) is 0 Å². The number of carbonyl (C=O) groups is 2. The lowest BCUT2D eigenvalue weighted by Gasteiger charge is -2.17. The number of primary amides is 1. The van der Waals surface area contributed by atoms with Crippen LogP contribution >= 0.6 is 0 Å². The average Bonchev–Trinajstić information content (AvgIpc) is 2.17. The summed E-state index contributed by atoms with van der Waals surface area (Å²) in [7, 11) is 0. The van der Waals surface area contributed by atoms with Crippen LogP contribution in [0.4, 0.5) is 0 Å². The summed E-state index contributed by atoms with van der Waals surface area (Å²) in [6, 6.07) is 4.78. The first-order valence-corrected chi connectivity index (χ1v) is 4.01. The first kappa shape index (κ1) is 10.3. The van der Waals surface area contributed by atoms with Gasteiger partial charge in [-0.25, -0.2) is 0 Å². The first-order chi connectivity index (χ1) is 6.46. The van der Waals surface area contributed by atoms with E-state index in [1.54, 1.807) is 12.1 Å². The SMILES string of the molecule is C[C@](N)(C(N)=O)C(=O)c1ccccn1. The van der Waals surface area contributed by atoms with Gasteiger partial charge in [0.25, 0.3) is 0 Å². The first-order valence-electron chi connectivity index (χ1n) is 4.01. The maximum absolute atomic E-state index is 11.6. The smallest absolute Gasteiger partial charge is 0.245 e. The van der Waals surface area contributed by atoms with Gasteiger partial charge >= 0.3 is 0 Å². The van der Waals surface area contributed by atoms with E-state index in [1.807, 2.05) is 0 Å². The molecule has 1 aromatic heterocycles. The second-order valence-corrected chi connectivity index (χ2v) is 3.11. The zero-order valence-electron chi connectivity index (χ0n) is 7.73. The Balaban J connectivity index is 3.03. The molecule has 0 aliphatic carbocycles. The molecule has 14 heavy (non-hydrogen) atoms. The van der Waals surface area contributed by atoms with Gasteiger partial charge in [0.15, 0.2) is 5.54 Å². The van der Waals surface area contributed by atoms with Gasteiger partial charge in [0.1, 0.15) is 5.69 Å². The van der Waals surface area contributed by atoms with Gasteiger partial charge < -0.3 is 11.5 Å². The summed E-state index contributed by atoms with van der Waals surface area (Å²) in [6.45, 7) is 1.27. The van der Waals surface area contributed by atoms with Crippen LogP contribution in [-0.2, 0) is 4.79 Å². The summed E-state index contributed by atoms with van der Waals surface area (Å²) in [5, 5.41) is 0. The van der Waals surface area contributed by atoms with Crippen molar-refractivity contribution in [2.45, 2.75) is 12.5 Å². The molecule has 0 saturated carbocycles. The summed E-state index contributed by atoms with van der Waals surface area (Å²) in [5.41, 5.74) is 8.90. The molecule has 1 heterocycles.